The van der Waals surface area contributed by atoms with Gasteiger partial charge in [-0.1, -0.05) is 13.0 Å². The Kier molecular flexibility index (Phi) is 6.29. The molecule has 1 unspecified atom stereocenters. The van der Waals surface area contributed by atoms with Crippen LogP contribution in [-0.2, 0) is 11.3 Å². The summed E-state index contributed by atoms with van der Waals surface area (Å²) in [4.78, 5) is 11.7. The van der Waals surface area contributed by atoms with Gasteiger partial charge in [-0.2, -0.15) is 0 Å². The van der Waals surface area contributed by atoms with Crippen LogP contribution in [0.25, 0.3) is 0 Å². The molecule has 0 saturated carbocycles. The van der Waals surface area contributed by atoms with Crippen LogP contribution in [-0.4, -0.2) is 19.1 Å². The second kappa shape index (κ2) is 7.74. The van der Waals surface area contributed by atoms with Crippen LogP contribution in [0.15, 0.2) is 18.2 Å². The Morgan fingerprint density at radius 3 is 2.84 bits per heavy atom. The number of carbonyl (C=O) groups is 1. The largest absolute Gasteiger partial charge is 0.491 e. The summed E-state index contributed by atoms with van der Waals surface area (Å²) in [7, 11) is 0. The molecule has 0 aliphatic heterocycles. The highest BCUT2D eigenvalue weighted by Gasteiger charge is 2.11. The fourth-order valence-corrected chi connectivity index (χ4v) is 1.67. The van der Waals surface area contributed by atoms with Gasteiger partial charge < -0.3 is 15.8 Å². The van der Waals surface area contributed by atoms with Crippen molar-refractivity contribution in [3.05, 3.63) is 29.6 Å². The molecule has 1 aromatic rings. The van der Waals surface area contributed by atoms with E-state index < -0.39 is 5.82 Å². The molecule has 1 rings (SSSR count). The minimum Gasteiger partial charge on any atom is -0.491 e. The maximum Gasteiger partial charge on any atom is 0.223 e. The van der Waals surface area contributed by atoms with Crippen LogP contribution in [0.4, 0.5) is 4.39 Å². The summed E-state index contributed by atoms with van der Waals surface area (Å²) in [5, 5.41) is 2.76. The van der Waals surface area contributed by atoms with Crippen LogP contribution < -0.4 is 15.8 Å². The quantitative estimate of drug-likeness (QED) is 0.793. The first-order valence-electron chi connectivity index (χ1n) is 6.47. The maximum atomic E-state index is 13.6. The predicted molar refractivity (Wildman–Crippen MR) is 72.3 cm³/mol. The predicted octanol–water partition coefficient (Wildman–Crippen LogP) is 1.83. The summed E-state index contributed by atoms with van der Waals surface area (Å²) in [6, 6.07) is 4.68. The van der Waals surface area contributed by atoms with Crippen LogP contribution in [0.5, 0.6) is 5.75 Å². The molecule has 0 radical (unpaired) electrons. The van der Waals surface area contributed by atoms with E-state index in [-0.39, 0.29) is 17.6 Å². The van der Waals surface area contributed by atoms with Crippen LogP contribution in [0.2, 0.25) is 0 Å². The topological polar surface area (TPSA) is 64.3 Å². The van der Waals surface area contributed by atoms with Crippen LogP contribution >= 0.6 is 0 Å². The van der Waals surface area contributed by atoms with Crippen molar-refractivity contribution in [1.82, 2.24) is 5.32 Å². The van der Waals surface area contributed by atoms with Crippen molar-refractivity contribution >= 4 is 5.91 Å². The molecule has 19 heavy (non-hydrogen) atoms. The zero-order chi connectivity index (χ0) is 14.3. The average Bonchev–Trinajstić information content (AvgIpc) is 2.39. The number of rotatable bonds is 7. The lowest BCUT2D eigenvalue weighted by Gasteiger charge is -2.12. The Hall–Kier alpha value is -1.62. The third kappa shape index (κ3) is 4.87. The first-order chi connectivity index (χ1) is 9.08. The second-order valence-corrected chi connectivity index (χ2v) is 4.39. The van der Waals surface area contributed by atoms with Crippen LogP contribution in [0, 0.1) is 11.7 Å². The molecule has 3 N–H and O–H groups in total. The lowest BCUT2D eigenvalue weighted by Crippen LogP contribution is -2.29. The lowest BCUT2D eigenvalue weighted by atomic mass is 10.1. The highest BCUT2D eigenvalue weighted by molar-refractivity contribution is 5.78. The summed E-state index contributed by atoms with van der Waals surface area (Å²) >= 11 is 0. The number of benzene rings is 1. The molecule has 0 aromatic heterocycles. The van der Waals surface area contributed by atoms with Gasteiger partial charge in [-0.15, -0.1) is 0 Å². The summed E-state index contributed by atoms with van der Waals surface area (Å²) in [5.74, 6) is -0.380. The van der Waals surface area contributed by atoms with Crippen molar-refractivity contribution in [2.24, 2.45) is 11.7 Å². The molecule has 106 valence electrons. The van der Waals surface area contributed by atoms with Gasteiger partial charge in [0.1, 0.15) is 0 Å². The number of hydrogen-bond donors (Lipinski definition) is 2. The van der Waals surface area contributed by atoms with E-state index in [9.17, 15) is 9.18 Å². The number of amides is 1. The number of nitrogens with two attached hydrogens (primary N) is 1. The van der Waals surface area contributed by atoms with Crippen LogP contribution in [0.1, 0.15) is 25.8 Å². The third-order valence-electron chi connectivity index (χ3n) is 2.81. The van der Waals surface area contributed by atoms with Gasteiger partial charge in [0, 0.05) is 12.5 Å². The van der Waals surface area contributed by atoms with E-state index in [1.165, 1.54) is 6.07 Å². The Morgan fingerprint density at radius 2 is 2.26 bits per heavy atom. The zero-order valence-electron chi connectivity index (χ0n) is 11.4. The standard InChI is InChI=1S/C14H21FN2O2/c1-3-19-13-5-4-11(8-12(13)15)9-17-14(18)10(2)6-7-16/h4-5,8,10H,3,6-7,9,16H2,1-2H3,(H,17,18). The van der Waals surface area contributed by atoms with Gasteiger partial charge in [0.2, 0.25) is 5.91 Å². The molecule has 5 heteroatoms. The minimum absolute atomic E-state index is 0.0697. The monoisotopic (exact) mass is 268 g/mol. The van der Waals surface area contributed by atoms with Crippen molar-refractivity contribution in [3.8, 4) is 5.75 Å². The Bertz CT molecular complexity index is 424. The maximum absolute atomic E-state index is 13.6. The number of nitrogens with one attached hydrogen (secondary N) is 1. The molecular weight excluding hydrogens is 247 g/mol. The molecule has 4 nitrogen and oxygen atoms in total. The molecule has 1 aromatic carbocycles. The van der Waals surface area contributed by atoms with Gasteiger partial charge in [0.25, 0.3) is 0 Å². The molecule has 0 aliphatic rings. The molecule has 0 aliphatic carbocycles. The Labute approximate surface area is 113 Å². The average molecular weight is 268 g/mol. The zero-order valence-corrected chi connectivity index (χ0v) is 11.4. The van der Waals surface area contributed by atoms with Crippen molar-refractivity contribution in [2.45, 2.75) is 26.8 Å². The van der Waals surface area contributed by atoms with E-state index in [4.69, 9.17) is 10.5 Å². The number of ether oxygens (including phenoxy) is 1. The molecule has 1 atom stereocenters. The molecule has 0 bridgehead atoms. The second-order valence-electron chi connectivity index (χ2n) is 4.39. The van der Waals surface area contributed by atoms with E-state index >= 15 is 0 Å². The number of hydrogen-bond acceptors (Lipinski definition) is 3. The lowest BCUT2D eigenvalue weighted by molar-refractivity contribution is -0.124. The van der Waals surface area contributed by atoms with Crippen molar-refractivity contribution in [3.63, 3.8) is 0 Å². The third-order valence-corrected chi connectivity index (χ3v) is 2.81. The van der Waals surface area contributed by atoms with Gasteiger partial charge in [-0.05, 0) is 37.6 Å². The molecule has 0 fully saturated rings. The van der Waals surface area contributed by atoms with E-state index in [0.29, 0.717) is 31.7 Å². The van der Waals surface area contributed by atoms with Crippen molar-refractivity contribution in [1.29, 1.82) is 0 Å². The summed E-state index contributed by atoms with van der Waals surface area (Å²) in [6.07, 6.45) is 0.642. The van der Waals surface area contributed by atoms with E-state index in [2.05, 4.69) is 5.32 Å². The normalized spacial score (nSPS) is 12.0. The summed E-state index contributed by atoms with van der Waals surface area (Å²) in [6.45, 7) is 4.82. The van der Waals surface area contributed by atoms with Gasteiger partial charge in [0.15, 0.2) is 11.6 Å². The summed E-state index contributed by atoms with van der Waals surface area (Å²) in [5.41, 5.74) is 6.10. The smallest absolute Gasteiger partial charge is 0.223 e. The molecule has 1 amide bonds. The summed E-state index contributed by atoms with van der Waals surface area (Å²) < 4.78 is 18.7. The van der Waals surface area contributed by atoms with Gasteiger partial charge >= 0.3 is 0 Å². The van der Waals surface area contributed by atoms with E-state index in [1.54, 1.807) is 19.1 Å². The highest BCUT2D eigenvalue weighted by atomic mass is 19.1. The van der Waals surface area contributed by atoms with Gasteiger partial charge in [0.05, 0.1) is 6.61 Å². The molecule has 0 spiro atoms. The van der Waals surface area contributed by atoms with Crippen molar-refractivity contribution in [2.75, 3.05) is 13.2 Å². The van der Waals surface area contributed by atoms with Crippen molar-refractivity contribution < 1.29 is 13.9 Å². The molecular formula is C14H21FN2O2. The Balaban J connectivity index is 2.54. The minimum atomic E-state index is -0.413. The van der Waals surface area contributed by atoms with E-state index in [0.717, 1.165) is 0 Å². The highest BCUT2D eigenvalue weighted by Crippen LogP contribution is 2.18. The fraction of sp³-hybridized carbons (Fsp3) is 0.500. The van der Waals surface area contributed by atoms with Crippen LogP contribution in [0.3, 0.4) is 0 Å². The first kappa shape index (κ1) is 15.4. The number of halogens is 1. The molecule has 0 heterocycles. The first-order valence-corrected chi connectivity index (χ1v) is 6.47. The SMILES string of the molecule is CCOc1ccc(CNC(=O)C(C)CCN)cc1F. The van der Waals surface area contributed by atoms with Gasteiger partial charge in [-0.3, -0.25) is 4.79 Å². The number of carbonyl (C=O) groups excluding carboxylic acids is 1. The van der Waals surface area contributed by atoms with E-state index in [1.807, 2.05) is 6.92 Å². The Morgan fingerprint density at radius 1 is 1.53 bits per heavy atom. The fourth-order valence-electron chi connectivity index (χ4n) is 1.67. The van der Waals surface area contributed by atoms with Gasteiger partial charge in [-0.25, -0.2) is 4.39 Å². The molecule has 0 saturated heterocycles.